The second kappa shape index (κ2) is 8.71. The molecule has 20 heteroatoms. The first-order valence-corrected chi connectivity index (χ1v) is 12.3. The van der Waals surface area contributed by atoms with Crippen molar-refractivity contribution in [1.29, 1.82) is 0 Å². The first kappa shape index (κ1) is 26.2. The van der Waals surface area contributed by atoms with Crippen LogP contribution in [0.3, 0.4) is 0 Å². The van der Waals surface area contributed by atoms with Gasteiger partial charge in [-0.2, -0.15) is 13.0 Å². The Morgan fingerprint density at radius 2 is 1.84 bits per heavy atom. The third-order valence-corrected chi connectivity index (χ3v) is 7.63. The fourth-order valence-electron chi connectivity index (χ4n) is 2.54. The van der Waals surface area contributed by atoms with Gasteiger partial charge >= 0.3 is 23.5 Å². The number of halogens is 2. The van der Waals surface area contributed by atoms with Gasteiger partial charge in [0.2, 0.25) is 5.83 Å². The van der Waals surface area contributed by atoms with Crippen molar-refractivity contribution in [1.82, 2.24) is 10.2 Å². The lowest BCUT2D eigenvalue weighted by Crippen LogP contribution is -2.51. The van der Waals surface area contributed by atoms with Crippen molar-refractivity contribution in [2.24, 2.45) is 0 Å². The van der Waals surface area contributed by atoms with E-state index in [1.807, 2.05) is 5.32 Å². The second-order valence-corrected chi connectivity index (χ2v) is 10.7. The van der Waals surface area contributed by atoms with Crippen LogP contribution < -0.4 is 5.32 Å². The van der Waals surface area contributed by atoms with Crippen LogP contribution in [0.2, 0.25) is 0 Å². The van der Waals surface area contributed by atoms with Gasteiger partial charge in [-0.25, -0.2) is 18.1 Å². The summed E-state index contributed by atoms with van der Waals surface area (Å²) in [7, 11) is -16.9. The summed E-state index contributed by atoms with van der Waals surface area (Å²) in [5.74, 6) is -2.82. The number of rotatable bonds is 8. The molecule has 0 radical (unpaired) electrons. The number of nitrogens with one attached hydrogen (secondary N) is 1. The van der Waals surface area contributed by atoms with Crippen molar-refractivity contribution < 1.29 is 69.8 Å². The molecule has 2 unspecified atom stereocenters. The number of carbonyl (C=O) groups is 1. The minimum absolute atomic E-state index is 0.319. The maximum Gasteiger partial charge on any atom is 0.490 e. The van der Waals surface area contributed by atoms with Crippen molar-refractivity contribution >= 4 is 29.4 Å². The Morgan fingerprint density at radius 1 is 1.26 bits per heavy atom. The lowest BCUT2D eigenvalue weighted by atomic mass is 9.98. The zero-order valence-corrected chi connectivity index (χ0v) is 18.0. The van der Waals surface area contributed by atoms with E-state index in [4.69, 9.17) is 19.4 Å². The molecule has 2 aliphatic heterocycles. The van der Waals surface area contributed by atoms with Crippen molar-refractivity contribution in [2.45, 2.75) is 31.0 Å². The van der Waals surface area contributed by atoms with E-state index in [-0.39, 0.29) is 5.82 Å². The topological polar surface area (TPSA) is 222 Å². The molecule has 0 aromatic heterocycles. The summed E-state index contributed by atoms with van der Waals surface area (Å²) in [4.78, 5) is 47.4. The number of carbonyl (C=O) groups excluding carboxylic acids is 1. The van der Waals surface area contributed by atoms with E-state index in [0.29, 0.717) is 11.1 Å². The molecule has 0 aromatic carbocycles. The molecule has 6 atom stereocenters. The van der Waals surface area contributed by atoms with Crippen LogP contribution in [-0.4, -0.2) is 66.2 Å². The molecule has 1 saturated heterocycles. The van der Waals surface area contributed by atoms with Gasteiger partial charge in [0.25, 0.3) is 5.91 Å². The molecule has 15 nitrogen and oxygen atoms in total. The van der Waals surface area contributed by atoms with Gasteiger partial charge in [-0.3, -0.25) is 9.32 Å². The molecule has 2 heterocycles. The molecule has 0 aromatic rings. The second-order valence-electron chi connectivity index (χ2n) is 6.29. The van der Waals surface area contributed by atoms with Crippen molar-refractivity contribution in [3.05, 3.63) is 24.4 Å². The molecular weight excluding hydrogens is 499 g/mol. The van der Waals surface area contributed by atoms with Gasteiger partial charge in [0.1, 0.15) is 18.0 Å². The molecule has 0 aliphatic carbocycles. The number of nitrogens with zero attached hydrogens (tertiary/aromatic N) is 1. The molecule has 0 bridgehead atoms. The normalized spacial score (nSPS) is 33.5. The van der Waals surface area contributed by atoms with E-state index >= 15 is 4.39 Å². The van der Waals surface area contributed by atoms with Crippen molar-refractivity contribution in [2.75, 3.05) is 6.61 Å². The average Bonchev–Trinajstić information content (AvgIpc) is 2.76. The number of hydrogen-bond donors (Lipinski definition) is 6. The highest BCUT2D eigenvalue weighted by Gasteiger charge is 2.57. The molecular formula is C11H17F2N2O13P3. The maximum absolute atomic E-state index is 15.0. The lowest BCUT2D eigenvalue weighted by molar-refractivity contribution is -0.122. The molecule has 1 fully saturated rings. The summed E-state index contributed by atoms with van der Waals surface area (Å²) in [5.41, 5.74) is -2.69. The monoisotopic (exact) mass is 516 g/mol. The smallest absolute Gasteiger partial charge is 0.387 e. The van der Waals surface area contributed by atoms with Crippen LogP contribution in [0.25, 0.3) is 0 Å². The van der Waals surface area contributed by atoms with Crippen LogP contribution in [-0.2, 0) is 36.4 Å². The van der Waals surface area contributed by atoms with Crippen molar-refractivity contribution in [3.63, 3.8) is 0 Å². The fraction of sp³-hybridized carbons (Fsp3) is 0.545. The highest BCUT2D eigenvalue weighted by atomic mass is 31.3. The Labute approximate surface area is 172 Å². The summed E-state index contributed by atoms with van der Waals surface area (Å²) in [6.45, 7) is 3.05. The number of hydrogen-bond acceptors (Lipinski definition) is 10. The lowest BCUT2D eigenvalue weighted by Gasteiger charge is -2.36. The quantitative estimate of drug-likeness (QED) is 0.231. The Hall–Kier alpha value is -1.06. The summed E-state index contributed by atoms with van der Waals surface area (Å²) >= 11 is 0. The summed E-state index contributed by atoms with van der Waals surface area (Å²) in [5, 5.41) is 12.1. The van der Waals surface area contributed by atoms with Crippen LogP contribution in [0.5, 0.6) is 0 Å². The van der Waals surface area contributed by atoms with E-state index < -0.39 is 65.9 Å². The number of phosphoric ester groups is 1. The first-order valence-electron chi connectivity index (χ1n) is 7.81. The minimum atomic E-state index is -5.78. The predicted molar refractivity (Wildman–Crippen MR) is 92.3 cm³/mol. The molecule has 0 saturated carbocycles. The van der Waals surface area contributed by atoms with Crippen LogP contribution in [0, 0.1) is 0 Å². The molecule has 2 aliphatic rings. The Balaban J connectivity index is 2.10. The van der Waals surface area contributed by atoms with E-state index in [0.717, 1.165) is 6.92 Å². The number of phosphoric acid groups is 3. The molecule has 2 rings (SSSR count). The number of aliphatic hydroxyl groups is 1. The summed E-state index contributed by atoms with van der Waals surface area (Å²) in [6, 6.07) is 0. The predicted octanol–water partition coefficient (Wildman–Crippen LogP) is -0.142. The number of ether oxygens (including phenoxy) is 1. The molecule has 0 spiro atoms. The van der Waals surface area contributed by atoms with E-state index in [2.05, 4.69) is 19.7 Å². The number of alkyl halides is 1. The van der Waals surface area contributed by atoms with Crippen LogP contribution in [0.1, 0.15) is 6.92 Å². The summed E-state index contributed by atoms with van der Waals surface area (Å²) < 4.78 is 78.7. The van der Waals surface area contributed by atoms with Gasteiger partial charge in [-0.15, -0.1) is 0 Å². The van der Waals surface area contributed by atoms with Gasteiger partial charge in [0.05, 0.1) is 6.61 Å². The zero-order chi connectivity index (χ0) is 24.0. The highest BCUT2D eigenvalue weighted by molar-refractivity contribution is 7.66. The zero-order valence-electron chi connectivity index (χ0n) is 15.3. The van der Waals surface area contributed by atoms with Crippen LogP contribution in [0.15, 0.2) is 24.4 Å². The van der Waals surface area contributed by atoms with E-state index in [9.17, 15) is 32.9 Å². The first-order chi connectivity index (χ1) is 13.8. The van der Waals surface area contributed by atoms with Crippen molar-refractivity contribution in [3.8, 4) is 0 Å². The number of aliphatic hydroxyl groups excluding tert-OH is 1. The van der Waals surface area contributed by atoms with Crippen LogP contribution >= 0.6 is 23.5 Å². The molecule has 1 amide bonds. The Morgan fingerprint density at radius 3 is 2.39 bits per heavy atom. The van der Waals surface area contributed by atoms with Gasteiger partial charge in [0.15, 0.2) is 11.9 Å². The van der Waals surface area contributed by atoms with E-state index in [1.54, 1.807) is 0 Å². The fourth-order valence-corrected chi connectivity index (χ4v) is 5.57. The van der Waals surface area contributed by atoms with E-state index in [1.165, 1.54) is 0 Å². The summed E-state index contributed by atoms with van der Waals surface area (Å²) in [6.07, 6.45) is -5.09. The van der Waals surface area contributed by atoms with Crippen LogP contribution in [0.4, 0.5) is 8.78 Å². The van der Waals surface area contributed by atoms with Gasteiger partial charge in [-0.05, 0) is 6.92 Å². The van der Waals surface area contributed by atoms with Gasteiger partial charge in [-0.1, -0.05) is 6.58 Å². The Bertz CT molecular complexity index is 936. The average molecular weight is 516 g/mol. The Kier molecular flexibility index (Phi) is 7.36. The molecule has 31 heavy (non-hydrogen) atoms. The SMILES string of the molecule is C=C1NC(=O)C(F)=CN1[C@@H]1O[C@H](COP(=O)(O)OP(=O)(O)OP(=O)(O)O)[C@@H](O)[C@@]1(C)F. The van der Waals surface area contributed by atoms with Gasteiger partial charge in [0, 0.05) is 6.20 Å². The molecule has 178 valence electrons. The number of amides is 1. The minimum Gasteiger partial charge on any atom is -0.387 e. The van der Waals surface area contributed by atoms with Gasteiger partial charge < -0.3 is 39.6 Å². The molecule has 6 N–H and O–H groups in total. The third kappa shape index (κ3) is 6.48. The maximum atomic E-state index is 15.0. The standard InChI is InChI=1S/C11H17F2N2O13P3/c1-5-14-9(17)6(12)3-15(5)10-11(2,13)8(16)7(26-10)4-25-30(21,22)28-31(23,24)27-29(18,19)20/h3,7-8,10,16H,1,4H2,2H3,(H,14,17)(H,21,22)(H,23,24)(H2,18,19,20)/t7-,8-,10-,11-/m1/s1. The largest absolute Gasteiger partial charge is 0.490 e. The third-order valence-electron chi connectivity index (χ3n) is 3.83. The highest BCUT2D eigenvalue weighted by Crippen LogP contribution is 2.66.